The quantitative estimate of drug-likeness (QED) is 0.465. The van der Waals surface area contributed by atoms with Crippen molar-refractivity contribution in [2.45, 2.75) is 20.4 Å². The topological polar surface area (TPSA) is 95.1 Å². The number of nitrogens with one attached hydrogen (secondary N) is 2. The zero-order valence-corrected chi connectivity index (χ0v) is 15.8. The van der Waals surface area contributed by atoms with Crippen molar-refractivity contribution in [3.8, 4) is 16.5 Å². The lowest BCUT2D eigenvalue weighted by molar-refractivity contribution is 0.0931. The largest absolute Gasteiger partial charge is 0.501 e. The minimum atomic E-state index is -0.749. The van der Waals surface area contributed by atoms with E-state index in [0.717, 1.165) is 16.3 Å². The van der Waals surface area contributed by atoms with E-state index in [2.05, 4.69) is 15.3 Å². The van der Waals surface area contributed by atoms with E-state index in [9.17, 15) is 14.7 Å². The van der Waals surface area contributed by atoms with Crippen molar-refractivity contribution in [2.24, 2.45) is 0 Å². The third-order valence-corrected chi connectivity index (χ3v) is 5.38. The van der Waals surface area contributed by atoms with E-state index in [0.29, 0.717) is 4.88 Å². The van der Waals surface area contributed by atoms with E-state index < -0.39 is 17.2 Å². The highest BCUT2D eigenvalue weighted by molar-refractivity contribution is 7.13. The number of nitrogens with zero attached hydrogens (tertiary/aromatic N) is 1. The van der Waals surface area contributed by atoms with Gasteiger partial charge in [0.15, 0.2) is 11.5 Å². The first-order valence-electron chi connectivity index (χ1n) is 8.70. The van der Waals surface area contributed by atoms with Crippen LogP contribution in [0.4, 0.5) is 0 Å². The average molecular weight is 407 g/mol. The smallest absolute Gasteiger partial charge is 0.294 e. The fourth-order valence-corrected chi connectivity index (χ4v) is 3.80. The summed E-state index contributed by atoms with van der Waals surface area (Å²) in [6.45, 7) is 1.85. The van der Waals surface area contributed by atoms with Crippen LogP contribution in [-0.4, -0.2) is 21.0 Å². The number of amides is 1. The van der Waals surface area contributed by atoms with Gasteiger partial charge in [-0.15, -0.1) is 11.3 Å². The Morgan fingerprint density at radius 3 is 2.66 bits per heavy atom. The second kappa shape index (κ2) is 8.28. The molecule has 0 saturated heterocycles. The Kier molecular flexibility index (Phi) is 5.79. The van der Waals surface area contributed by atoms with Gasteiger partial charge < -0.3 is 15.4 Å². The molecule has 0 aliphatic rings. The molecule has 29 heavy (non-hydrogen) atoms. The Morgan fingerprint density at radius 2 is 1.90 bits per heavy atom. The SMILES string of the molecule is C.C[C@@H](NC(=O)c1nc(-c2cccs2)[nH]c(=O)c1O)c1cccc2ccccc12. The van der Waals surface area contributed by atoms with E-state index in [4.69, 9.17) is 0 Å². The third-order valence-electron chi connectivity index (χ3n) is 4.50. The highest BCUT2D eigenvalue weighted by Gasteiger charge is 2.21. The van der Waals surface area contributed by atoms with Crippen LogP contribution in [0.25, 0.3) is 21.5 Å². The van der Waals surface area contributed by atoms with Crippen LogP contribution in [0.1, 0.15) is 36.4 Å². The third kappa shape index (κ3) is 3.90. The molecular formula is C22H21N3O3S. The Morgan fingerprint density at radius 1 is 1.14 bits per heavy atom. The number of fused-ring (bicyclic) bond motifs is 1. The maximum atomic E-state index is 12.8. The van der Waals surface area contributed by atoms with Crippen molar-refractivity contribution < 1.29 is 9.90 Å². The summed E-state index contributed by atoms with van der Waals surface area (Å²) in [6, 6.07) is 17.0. The van der Waals surface area contributed by atoms with Gasteiger partial charge in [-0.2, -0.15) is 0 Å². The molecule has 1 amide bonds. The number of aromatic hydroxyl groups is 1. The Balaban J connectivity index is 0.00000240. The first kappa shape index (κ1) is 20.3. The molecule has 148 valence electrons. The van der Waals surface area contributed by atoms with Crippen molar-refractivity contribution in [3.63, 3.8) is 0 Å². The van der Waals surface area contributed by atoms with Crippen LogP contribution >= 0.6 is 11.3 Å². The van der Waals surface area contributed by atoms with Crippen LogP contribution in [0.15, 0.2) is 64.8 Å². The summed E-state index contributed by atoms with van der Waals surface area (Å²) in [5.74, 6) is -1.05. The summed E-state index contributed by atoms with van der Waals surface area (Å²) in [4.78, 5) is 32.2. The van der Waals surface area contributed by atoms with E-state index in [1.165, 1.54) is 11.3 Å². The maximum Gasteiger partial charge on any atom is 0.294 e. The molecule has 7 heteroatoms. The molecule has 0 unspecified atom stereocenters. The molecule has 2 aromatic carbocycles. The average Bonchev–Trinajstić information content (AvgIpc) is 3.24. The molecule has 4 aromatic rings. The molecule has 0 spiro atoms. The monoisotopic (exact) mass is 407 g/mol. The molecule has 0 aliphatic carbocycles. The Bertz CT molecular complexity index is 1210. The summed E-state index contributed by atoms with van der Waals surface area (Å²) in [5.41, 5.74) is -0.102. The minimum absolute atomic E-state index is 0. The van der Waals surface area contributed by atoms with Crippen LogP contribution in [0.3, 0.4) is 0 Å². The minimum Gasteiger partial charge on any atom is -0.501 e. The van der Waals surface area contributed by atoms with E-state index >= 15 is 0 Å². The zero-order chi connectivity index (χ0) is 19.7. The number of H-pyrrole nitrogens is 1. The molecular weight excluding hydrogens is 386 g/mol. The van der Waals surface area contributed by atoms with Gasteiger partial charge in [0.25, 0.3) is 11.5 Å². The summed E-state index contributed by atoms with van der Waals surface area (Å²) in [5, 5.41) is 16.8. The Labute approximate surface area is 171 Å². The lowest BCUT2D eigenvalue weighted by atomic mass is 9.99. The number of aromatic amines is 1. The summed E-state index contributed by atoms with van der Waals surface area (Å²) in [6.07, 6.45) is 0. The number of rotatable bonds is 4. The van der Waals surface area contributed by atoms with Crippen LogP contribution in [0.5, 0.6) is 5.75 Å². The molecule has 0 saturated carbocycles. The van der Waals surface area contributed by atoms with E-state index in [1.807, 2.05) is 60.8 Å². The molecule has 2 aromatic heterocycles. The molecule has 0 radical (unpaired) electrons. The predicted octanol–water partition coefficient (Wildman–Crippen LogP) is 4.48. The van der Waals surface area contributed by atoms with Gasteiger partial charge in [-0.05, 0) is 34.7 Å². The molecule has 6 nitrogen and oxygen atoms in total. The van der Waals surface area contributed by atoms with Gasteiger partial charge in [-0.25, -0.2) is 4.98 Å². The lowest BCUT2D eigenvalue weighted by Gasteiger charge is -2.17. The Hall–Kier alpha value is -3.45. The highest BCUT2D eigenvalue weighted by atomic mass is 32.1. The van der Waals surface area contributed by atoms with Crippen molar-refractivity contribution in [1.29, 1.82) is 0 Å². The molecule has 4 rings (SSSR count). The van der Waals surface area contributed by atoms with Crippen molar-refractivity contribution in [2.75, 3.05) is 0 Å². The van der Waals surface area contributed by atoms with Gasteiger partial charge in [-0.1, -0.05) is 56.0 Å². The summed E-state index contributed by atoms with van der Waals surface area (Å²) >= 11 is 1.38. The zero-order valence-electron chi connectivity index (χ0n) is 15.0. The van der Waals surface area contributed by atoms with Crippen LogP contribution in [0.2, 0.25) is 0 Å². The highest BCUT2D eigenvalue weighted by Crippen LogP contribution is 2.25. The lowest BCUT2D eigenvalue weighted by Crippen LogP contribution is -2.29. The molecule has 3 N–H and O–H groups in total. The normalized spacial score (nSPS) is 11.6. The van der Waals surface area contributed by atoms with Crippen molar-refractivity contribution >= 4 is 28.0 Å². The van der Waals surface area contributed by atoms with Gasteiger partial charge in [0.1, 0.15) is 0 Å². The summed E-state index contributed by atoms with van der Waals surface area (Å²) in [7, 11) is 0. The van der Waals surface area contributed by atoms with E-state index in [-0.39, 0.29) is 25.0 Å². The molecule has 2 heterocycles. The number of benzene rings is 2. The predicted molar refractivity (Wildman–Crippen MR) is 116 cm³/mol. The number of carbonyl (C=O) groups excluding carboxylic acids is 1. The number of thiophene rings is 1. The number of carbonyl (C=O) groups is 1. The van der Waals surface area contributed by atoms with Crippen LogP contribution < -0.4 is 10.9 Å². The first-order valence-corrected chi connectivity index (χ1v) is 9.58. The molecule has 1 atom stereocenters. The van der Waals surface area contributed by atoms with Crippen LogP contribution in [-0.2, 0) is 0 Å². The van der Waals surface area contributed by atoms with Gasteiger partial charge in [-0.3, -0.25) is 9.59 Å². The summed E-state index contributed by atoms with van der Waals surface area (Å²) < 4.78 is 0. The standard InChI is InChI=1S/C21H17N3O3S.CH4/c1-12(14-9-4-7-13-6-2-3-8-15(13)14)22-20(26)17-18(25)21(27)24-19(23-17)16-10-5-11-28-16;/h2-12,25H,1H3,(H,22,26)(H,23,24,27);1H4/t12-;/m1./s1. The number of aromatic nitrogens is 2. The second-order valence-corrected chi connectivity index (χ2v) is 7.30. The number of hydrogen-bond acceptors (Lipinski definition) is 5. The van der Waals surface area contributed by atoms with Crippen molar-refractivity contribution in [3.05, 3.63) is 81.6 Å². The molecule has 0 bridgehead atoms. The second-order valence-electron chi connectivity index (χ2n) is 6.35. The fourth-order valence-electron chi connectivity index (χ4n) is 3.13. The first-order chi connectivity index (χ1) is 13.5. The van der Waals surface area contributed by atoms with Gasteiger partial charge in [0.05, 0.1) is 10.9 Å². The molecule has 0 aliphatic heterocycles. The van der Waals surface area contributed by atoms with Gasteiger partial charge in [0.2, 0.25) is 5.75 Å². The number of hydrogen-bond donors (Lipinski definition) is 3. The molecule has 0 fully saturated rings. The van der Waals surface area contributed by atoms with Gasteiger partial charge >= 0.3 is 0 Å². The van der Waals surface area contributed by atoms with E-state index in [1.54, 1.807) is 6.07 Å². The van der Waals surface area contributed by atoms with Gasteiger partial charge in [0, 0.05) is 0 Å². The van der Waals surface area contributed by atoms with Crippen molar-refractivity contribution in [1.82, 2.24) is 15.3 Å². The van der Waals surface area contributed by atoms with Crippen LogP contribution in [0, 0.1) is 0 Å². The fraction of sp³-hybridized carbons (Fsp3) is 0.136. The maximum absolute atomic E-state index is 12.8.